The molecule has 0 aliphatic rings. The molecule has 0 fully saturated rings. The number of rotatable bonds is 7. The number of carboxylic acid groups (broad SMARTS) is 1. The number of benzene rings is 2. The third-order valence-electron chi connectivity index (χ3n) is 2.74. The van der Waals surface area contributed by atoms with Crippen LogP contribution in [-0.2, 0) is 0 Å². The first kappa shape index (κ1) is 14.8. The van der Waals surface area contributed by atoms with Crippen molar-refractivity contribution < 1.29 is 23.8 Å². The number of para-hydroxylation sites is 1. The maximum Gasteiger partial charge on any atom is 0.338 e. The van der Waals surface area contributed by atoms with E-state index in [1.807, 2.05) is 30.3 Å². The van der Waals surface area contributed by atoms with E-state index >= 15 is 0 Å². The molecular formula is C16H15FO4. The maximum atomic E-state index is 13.4. The number of halogens is 1. The zero-order valence-electron chi connectivity index (χ0n) is 11.3. The Hall–Kier alpha value is -2.56. The van der Waals surface area contributed by atoms with Gasteiger partial charge in [-0.1, -0.05) is 18.2 Å². The van der Waals surface area contributed by atoms with Gasteiger partial charge < -0.3 is 14.6 Å². The van der Waals surface area contributed by atoms with E-state index in [4.69, 9.17) is 14.6 Å². The van der Waals surface area contributed by atoms with E-state index in [9.17, 15) is 9.18 Å². The molecule has 1 N–H and O–H groups in total. The summed E-state index contributed by atoms with van der Waals surface area (Å²) >= 11 is 0. The summed E-state index contributed by atoms with van der Waals surface area (Å²) < 4.78 is 24.2. The fourth-order valence-corrected chi connectivity index (χ4v) is 1.71. The van der Waals surface area contributed by atoms with Crippen LogP contribution < -0.4 is 9.47 Å². The summed E-state index contributed by atoms with van der Waals surface area (Å²) in [6, 6.07) is 13.1. The van der Waals surface area contributed by atoms with Gasteiger partial charge in [-0.05, 0) is 24.3 Å². The molecule has 0 aromatic heterocycles. The van der Waals surface area contributed by atoms with Gasteiger partial charge in [0.2, 0.25) is 0 Å². The third kappa shape index (κ3) is 4.49. The molecule has 2 aromatic rings. The summed E-state index contributed by atoms with van der Waals surface area (Å²) in [5, 5.41) is 8.71. The zero-order chi connectivity index (χ0) is 15.1. The third-order valence-corrected chi connectivity index (χ3v) is 2.74. The van der Waals surface area contributed by atoms with Gasteiger partial charge in [0.15, 0.2) is 0 Å². The maximum absolute atomic E-state index is 13.4. The smallest absolute Gasteiger partial charge is 0.338 e. The molecule has 0 radical (unpaired) electrons. The first-order chi connectivity index (χ1) is 10.2. The summed E-state index contributed by atoms with van der Waals surface area (Å²) in [4.78, 5) is 10.7. The predicted molar refractivity (Wildman–Crippen MR) is 75.4 cm³/mol. The Bertz CT molecular complexity index is 598. The molecule has 0 aliphatic carbocycles. The van der Waals surface area contributed by atoms with Crippen LogP contribution in [0.4, 0.5) is 4.39 Å². The van der Waals surface area contributed by atoms with Crippen molar-refractivity contribution in [2.75, 3.05) is 13.2 Å². The normalized spacial score (nSPS) is 10.1. The van der Waals surface area contributed by atoms with Crippen molar-refractivity contribution in [3.05, 3.63) is 59.9 Å². The van der Waals surface area contributed by atoms with Gasteiger partial charge in [-0.2, -0.15) is 0 Å². The Morgan fingerprint density at radius 2 is 1.67 bits per heavy atom. The van der Waals surface area contributed by atoms with Gasteiger partial charge in [0.25, 0.3) is 0 Å². The highest BCUT2D eigenvalue weighted by molar-refractivity contribution is 5.88. The molecule has 0 atom stereocenters. The molecule has 110 valence electrons. The van der Waals surface area contributed by atoms with Gasteiger partial charge in [-0.25, -0.2) is 9.18 Å². The van der Waals surface area contributed by atoms with Crippen molar-refractivity contribution in [2.24, 2.45) is 0 Å². The SMILES string of the molecule is O=C(O)c1ccc(OCCCOc2ccccc2)cc1F. The minimum Gasteiger partial charge on any atom is -0.493 e. The zero-order valence-corrected chi connectivity index (χ0v) is 11.3. The molecular weight excluding hydrogens is 275 g/mol. The summed E-state index contributed by atoms with van der Waals surface area (Å²) in [7, 11) is 0. The Kier molecular flexibility index (Phi) is 5.15. The van der Waals surface area contributed by atoms with Crippen LogP contribution in [0.15, 0.2) is 48.5 Å². The first-order valence-corrected chi connectivity index (χ1v) is 6.50. The first-order valence-electron chi connectivity index (χ1n) is 6.50. The molecule has 0 saturated heterocycles. The lowest BCUT2D eigenvalue weighted by Crippen LogP contribution is -2.06. The van der Waals surface area contributed by atoms with Crippen LogP contribution in [0, 0.1) is 5.82 Å². The van der Waals surface area contributed by atoms with Crippen LogP contribution in [0.25, 0.3) is 0 Å². The fourth-order valence-electron chi connectivity index (χ4n) is 1.71. The van der Waals surface area contributed by atoms with Gasteiger partial charge in [0, 0.05) is 12.5 Å². The fraction of sp³-hybridized carbons (Fsp3) is 0.188. The van der Waals surface area contributed by atoms with Crippen LogP contribution in [0.2, 0.25) is 0 Å². The summed E-state index contributed by atoms with van der Waals surface area (Å²) in [5.74, 6) is -1.01. The highest BCUT2D eigenvalue weighted by atomic mass is 19.1. The largest absolute Gasteiger partial charge is 0.493 e. The van der Waals surface area contributed by atoms with Crippen LogP contribution in [0.5, 0.6) is 11.5 Å². The Morgan fingerprint density at radius 1 is 1.00 bits per heavy atom. The van der Waals surface area contributed by atoms with E-state index in [2.05, 4.69) is 0 Å². The van der Waals surface area contributed by atoms with Gasteiger partial charge in [-0.3, -0.25) is 0 Å². The average Bonchev–Trinajstić information content (AvgIpc) is 2.47. The van der Waals surface area contributed by atoms with Gasteiger partial charge >= 0.3 is 5.97 Å². The number of hydrogen-bond acceptors (Lipinski definition) is 3. The molecule has 0 amide bonds. The molecule has 0 aliphatic heterocycles. The van der Waals surface area contributed by atoms with E-state index in [0.29, 0.717) is 25.4 Å². The van der Waals surface area contributed by atoms with Crippen LogP contribution >= 0.6 is 0 Å². The number of hydrogen-bond donors (Lipinski definition) is 1. The van der Waals surface area contributed by atoms with E-state index < -0.39 is 11.8 Å². The second kappa shape index (κ2) is 7.28. The molecule has 0 saturated carbocycles. The highest BCUT2D eigenvalue weighted by Crippen LogP contribution is 2.17. The molecule has 4 nitrogen and oxygen atoms in total. The lowest BCUT2D eigenvalue weighted by Gasteiger charge is -2.08. The minimum atomic E-state index is -1.30. The van der Waals surface area contributed by atoms with Crippen molar-refractivity contribution in [2.45, 2.75) is 6.42 Å². The van der Waals surface area contributed by atoms with Gasteiger partial charge in [0.1, 0.15) is 17.3 Å². The van der Waals surface area contributed by atoms with E-state index in [1.165, 1.54) is 12.1 Å². The van der Waals surface area contributed by atoms with Gasteiger partial charge in [-0.15, -0.1) is 0 Å². The van der Waals surface area contributed by atoms with Crippen LogP contribution in [0.3, 0.4) is 0 Å². The Balaban J connectivity index is 1.74. The van der Waals surface area contributed by atoms with Crippen LogP contribution in [-0.4, -0.2) is 24.3 Å². The van der Waals surface area contributed by atoms with E-state index in [1.54, 1.807) is 0 Å². The van der Waals surface area contributed by atoms with Crippen molar-refractivity contribution in [1.82, 2.24) is 0 Å². The number of aromatic carboxylic acids is 1. The molecule has 21 heavy (non-hydrogen) atoms. The minimum absolute atomic E-state index is 0.303. The van der Waals surface area contributed by atoms with Crippen LogP contribution in [0.1, 0.15) is 16.8 Å². The second-order valence-electron chi connectivity index (χ2n) is 4.31. The Morgan fingerprint density at radius 3 is 2.29 bits per heavy atom. The average molecular weight is 290 g/mol. The van der Waals surface area contributed by atoms with Crippen molar-refractivity contribution in [3.63, 3.8) is 0 Å². The molecule has 0 unspecified atom stereocenters. The second-order valence-corrected chi connectivity index (χ2v) is 4.31. The van der Waals surface area contributed by atoms with Crippen molar-refractivity contribution in [3.8, 4) is 11.5 Å². The molecule has 0 bridgehead atoms. The van der Waals surface area contributed by atoms with E-state index in [0.717, 1.165) is 11.8 Å². The summed E-state index contributed by atoms with van der Waals surface area (Å²) in [5.41, 5.74) is -0.366. The lowest BCUT2D eigenvalue weighted by molar-refractivity contribution is 0.0692. The molecule has 0 heterocycles. The Labute approximate surface area is 121 Å². The van der Waals surface area contributed by atoms with E-state index in [-0.39, 0.29) is 5.56 Å². The topological polar surface area (TPSA) is 55.8 Å². The molecule has 2 aromatic carbocycles. The van der Waals surface area contributed by atoms with Crippen molar-refractivity contribution in [1.29, 1.82) is 0 Å². The number of ether oxygens (including phenoxy) is 2. The van der Waals surface area contributed by atoms with Crippen molar-refractivity contribution >= 4 is 5.97 Å². The summed E-state index contributed by atoms with van der Waals surface area (Å²) in [6.45, 7) is 0.846. The summed E-state index contributed by atoms with van der Waals surface area (Å²) in [6.07, 6.45) is 0.636. The molecule has 0 spiro atoms. The van der Waals surface area contributed by atoms with Gasteiger partial charge in [0.05, 0.1) is 18.8 Å². The quantitative estimate of drug-likeness (QED) is 0.794. The molecule has 5 heteroatoms. The number of carboxylic acids is 1. The highest BCUT2D eigenvalue weighted by Gasteiger charge is 2.10. The monoisotopic (exact) mass is 290 g/mol. The number of carbonyl (C=O) groups is 1. The molecule has 2 rings (SSSR count). The predicted octanol–water partition coefficient (Wildman–Crippen LogP) is 3.37. The standard InChI is InChI=1S/C16H15FO4/c17-15-11-13(7-8-14(15)16(18)19)21-10-4-9-20-12-5-2-1-3-6-12/h1-3,5-8,11H,4,9-10H2,(H,18,19). The lowest BCUT2D eigenvalue weighted by atomic mass is 10.2.